The summed E-state index contributed by atoms with van der Waals surface area (Å²) in [5.74, 6) is -1.42. The third kappa shape index (κ3) is 3.35. The van der Waals surface area contributed by atoms with Crippen molar-refractivity contribution in [1.29, 1.82) is 0 Å². The lowest BCUT2D eigenvalue weighted by atomic mass is 10.0. The summed E-state index contributed by atoms with van der Waals surface area (Å²) in [7, 11) is 0. The second-order valence-corrected chi connectivity index (χ2v) is 4.82. The first-order valence-electron chi connectivity index (χ1n) is 5.45. The summed E-state index contributed by atoms with van der Waals surface area (Å²) >= 11 is 5.85. The minimum absolute atomic E-state index is 0.102. The van der Waals surface area contributed by atoms with Crippen molar-refractivity contribution in [2.45, 2.75) is 12.5 Å². The number of hydrogen-bond acceptors (Lipinski definition) is 6. The molecule has 20 heavy (non-hydrogen) atoms. The number of anilines is 1. The van der Waals surface area contributed by atoms with E-state index in [1.54, 1.807) is 0 Å². The van der Waals surface area contributed by atoms with Gasteiger partial charge in [-0.25, -0.2) is 4.79 Å². The van der Waals surface area contributed by atoms with Gasteiger partial charge < -0.3 is 20.6 Å². The summed E-state index contributed by atoms with van der Waals surface area (Å²) < 4.78 is 0. The van der Waals surface area contributed by atoms with Crippen molar-refractivity contribution in [3.8, 4) is 0 Å². The summed E-state index contributed by atoms with van der Waals surface area (Å²) in [6.07, 6.45) is 0. The number of carbonyl (C=O) groups is 1. The molecule has 1 aromatic rings. The molecular formula is C11H13ClN2O6. The van der Waals surface area contributed by atoms with Gasteiger partial charge in [-0.15, -0.1) is 0 Å². The zero-order valence-electron chi connectivity index (χ0n) is 10.5. The van der Waals surface area contributed by atoms with Crippen LogP contribution in [-0.2, 0) is 0 Å². The fourth-order valence-corrected chi connectivity index (χ4v) is 1.69. The number of nitro benzene ring substituents is 1. The molecule has 0 atom stereocenters. The van der Waals surface area contributed by atoms with E-state index in [0.29, 0.717) is 0 Å². The molecule has 0 radical (unpaired) electrons. The Hall–Kier alpha value is -1.90. The quantitative estimate of drug-likeness (QED) is 0.457. The zero-order valence-corrected chi connectivity index (χ0v) is 11.2. The number of nitrogens with zero attached hydrogens (tertiary/aromatic N) is 1. The van der Waals surface area contributed by atoms with Gasteiger partial charge >= 0.3 is 5.97 Å². The van der Waals surface area contributed by atoms with Crippen LogP contribution in [0, 0.1) is 10.1 Å². The Balaban J connectivity index is 3.39. The van der Waals surface area contributed by atoms with E-state index in [0.717, 1.165) is 12.1 Å². The molecule has 0 aromatic heterocycles. The number of carboxylic acid groups (broad SMARTS) is 1. The van der Waals surface area contributed by atoms with Gasteiger partial charge in [0, 0.05) is 12.1 Å². The van der Waals surface area contributed by atoms with Crippen molar-refractivity contribution in [2.75, 3.05) is 18.5 Å². The van der Waals surface area contributed by atoms with Crippen molar-refractivity contribution in [1.82, 2.24) is 0 Å². The van der Waals surface area contributed by atoms with Gasteiger partial charge in [-0.3, -0.25) is 10.1 Å². The number of halogens is 1. The Kier molecular flexibility index (Phi) is 4.88. The molecule has 1 aromatic carbocycles. The first-order valence-corrected chi connectivity index (χ1v) is 5.83. The lowest BCUT2D eigenvalue weighted by Crippen LogP contribution is -2.43. The van der Waals surface area contributed by atoms with Crippen LogP contribution in [0.15, 0.2) is 12.1 Å². The predicted octanol–water partition coefficient (Wildman–Crippen LogP) is 1.10. The summed E-state index contributed by atoms with van der Waals surface area (Å²) in [6, 6.07) is 1.84. The van der Waals surface area contributed by atoms with Crippen LogP contribution in [0.2, 0.25) is 5.02 Å². The van der Waals surface area contributed by atoms with E-state index < -0.39 is 40.9 Å². The fourth-order valence-electron chi connectivity index (χ4n) is 1.42. The van der Waals surface area contributed by atoms with Crippen molar-refractivity contribution in [2.24, 2.45) is 0 Å². The number of hydrogen-bond donors (Lipinski definition) is 4. The molecule has 0 amide bonds. The molecule has 0 unspecified atom stereocenters. The highest BCUT2D eigenvalue weighted by Gasteiger charge is 2.27. The highest BCUT2D eigenvalue weighted by atomic mass is 35.5. The van der Waals surface area contributed by atoms with Crippen molar-refractivity contribution in [3.05, 3.63) is 32.8 Å². The molecular weight excluding hydrogens is 292 g/mol. The van der Waals surface area contributed by atoms with Crippen LogP contribution in [0.25, 0.3) is 0 Å². The molecule has 0 fully saturated rings. The Bertz CT molecular complexity index is 544. The summed E-state index contributed by atoms with van der Waals surface area (Å²) in [6.45, 7) is 0.460. The topological polar surface area (TPSA) is 133 Å². The average Bonchev–Trinajstić information content (AvgIpc) is 2.40. The third-order valence-corrected chi connectivity index (χ3v) is 2.94. The lowest BCUT2D eigenvalue weighted by molar-refractivity contribution is -0.384. The molecule has 0 aliphatic heterocycles. The van der Waals surface area contributed by atoms with E-state index in [1.165, 1.54) is 6.92 Å². The van der Waals surface area contributed by atoms with Crippen LogP contribution in [0.1, 0.15) is 17.3 Å². The molecule has 1 rings (SSSR count). The van der Waals surface area contributed by atoms with Crippen LogP contribution >= 0.6 is 11.6 Å². The summed E-state index contributed by atoms with van der Waals surface area (Å²) in [4.78, 5) is 21.1. The Morgan fingerprint density at radius 3 is 2.40 bits per heavy atom. The third-order valence-electron chi connectivity index (χ3n) is 2.64. The Labute approximate surface area is 118 Å². The average molecular weight is 305 g/mol. The van der Waals surface area contributed by atoms with Gasteiger partial charge in [0.15, 0.2) is 0 Å². The molecule has 9 heteroatoms. The van der Waals surface area contributed by atoms with E-state index in [2.05, 4.69) is 5.32 Å². The number of rotatable bonds is 6. The largest absolute Gasteiger partial charge is 0.478 e. The number of nitro groups is 1. The standard InChI is InChI=1S/C11H13ClN2O6/c1-11(4-15,5-16)13-9-7(10(17)18)2-6(14(19)20)3-8(9)12/h2-3,13,15-16H,4-5H2,1H3,(H,17,18). The SMILES string of the molecule is CC(CO)(CO)Nc1c(Cl)cc([N+](=O)[O-])cc1C(=O)O. The van der Waals surface area contributed by atoms with Gasteiger partial charge in [0.1, 0.15) is 0 Å². The molecule has 0 spiro atoms. The molecule has 0 aliphatic rings. The van der Waals surface area contributed by atoms with E-state index in [-0.39, 0.29) is 10.7 Å². The monoisotopic (exact) mass is 304 g/mol. The van der Waals surface area contributed by atoms with Gasteiger partial charge in [0.05, 0.1) is 39.9 Å². The number of aliphatic hydroxyl groups is 2. The summed E-state index contributed by atoms with van der Waals surface area (Å²) in [5.41, 5.74) is -2.20. The first kappa shape index (κ1) is 16.2. The van der Waals surface area contributed by atoms with Gasteiger partial charge in [-0.05, 0) is 6.92 Å². The minimum atomic E-state index is -1.42. The molecule has 8 nitrogen and oxygen atoms in total. The van der Waals surface area contributed by atoms with Crippen molar-refractivity contribution in [3.63, 3.8) is 0 Å². The molecule has 0 heterocycles. The number of aliphatic hydroxyl groups excluding tert-OH is 2. The lowest BCUT2D eigenvalue weighted by Gasteiger charge is -2.28. The maximum Gasteiger partial charge on any atom is 0.338 e. The second kappa shape index (κ2) is 6.04. The van der Waals surface area contributed by atoms with Crippen LogP contribution in [-0.4, -0.2) is 45.0 Å². The second-order valence-electron chi connectivity index (χ2n) is 4.41. The molecule has 4 N–H and O–H groups in total. The molecule has 0 aliphatic carbocycles. The maximum atomic E-state index is 11.2. The highest BCUT2D eigenvalue weighted by Crippen LogP contribution is 2.33. The van der Waals surface area contributed by atoms with Gasteiger partial charge in [0.2, 0.25) is 0 Å². The fraction of sp³-hybridized carbons (Fsp3) is 0.364. The van der Waals surface area contributed by atoms with Crippen LogP contribution < -0.4 is 5.32 Å². The number of benzene rings is 1. The number of aromatic carboxylic acids is 1. The van der Waals surface area contributed by atoms with E-state index in [1.807, 2.05) is 0 Å². The number of non-ortho nitro benzene ring substituents is 1. The first-order chi connectivity index (χ1) is 9.24. The molecule has 0 bridgehead atoms. The predicted molar refractivity (Wildman–Crippen MR) is 71.3 cm³/mol. The van der Waals surface area contributed by atoms with Crippen LogP contribution in [0.3, 0.4) is 0 Å². The molecule has 110 valence electrons. The van der Waals surface area contributed by atoms with Crippen molar-refractivity contribution < 1.29 is 25.0 Å². The Morgan fingerprint density at radius 2 is 2.00 bits per heavy atom. The normalized spacial score (nSPS) is 11.2. The zero-order chi connectivity index (χ0) is 15.5. The van der Waals surface area contributed by atoms with Gasteiger partial charge in [-0.1, -0.05) is 11.6 Å². The van der Waals surface area contributed by atoms with Gasteiger partial charge in [-0.2, -0.15) is 0 Å². The summed E-state index contributed by atoms with van der Waals surface area (Å²) in [5, 5.41) is 40.6. The maximum absolute atomic E-state index is 11.2. The molecule has 0 saturated carbocycles. The van der Waals surface area contributed by atoms with Gasteiger partial charge in [0.25, 0.3) is 5.69 Å². The smallest absolute Gasteiger partial charge is 0.338 e. The van der Waals surface area contributed by atoms with Crippen molar-refractivity contribution >= 4 is 28.9 Å². The van der Waals surface area contributed by atoms with E-state index >= 15 is 0 Å². The number of carboxylic acids is 1. The molecule has 0 saturated heterocycles. The Morgan fingerprint density at radius 1 is 1.45 bits per heavy atom. The van der Waals surface area contributed by atoms with Crippen LogP contribution in [0.4, 0.5) is 11.4 Å². The minimum Gasteiger partial charge on any atom is -0.478 e. The number of nitrogens with one attached hydrogen (secondary N) is 1. The van der Waals surface area contributed by atoms with E-state index in [4.69, 9.17) is 16.7 Å². The highest BCUT2D eigenvalue weighted by molar-refractivity contribution is 6.34. The van der Waals surface area contributed by atoms with Crippen LogP contribution in [0.5, 0.6) is 0 Å². The van der Waals surface area contributed by atoms with E-state index in [9.17, 15) is 25.1 Å².